The molecule has 1 N–H and O–H groups in total. The minimum atomic E-state index is 0.327. The Morgan fingerprint density at radius 1 is 1.27 bits per heavy atom. The van der Waals surface area contributed by atoms with Gasteiger partial charge in [0.25, 0.3) is 0 Å². The van der Waals surface area contributed by atoms with Gasteiger partial charge < -0.3 is 10.0 Å². The molecular weight excluding hydrogens is 186 g/mol. The van der Waals surface area contributed by atoms with Gasteiger partial charge in [0.15, 0.2) is 0 Å². The summed E-state index contributed by atoms with van der Waals surface area (Å²) in [4.78, 5) is 2.11. The molecule has 0 saturated heterocycles. The fourth-order valence-electron chi connectivity index (χ4n) is 1.67. The number of likely N-dealkylation sites (N-methyl/N-ethyl adjacent to an activating group) is 1. The van der Waals surface area contributed by atoms with Crippen LogP contribution in [0.2, 0.25) is 0 Å². The number of rotatable bonds is 2. The maximum Gasteiger partial charge on any atom is 0.116 e. The molecule has 2 heteroatoms. The van der Waals surface area contributed by atoms with Crippen molar-refractivity contribution < 1.29 is 5.11 Å². The van der Waals surface area contributed by atoms with Crippen molar-refractivity contribution >= 4 is 11.6 Å². The SMILES string of the molecule is CN(C)C/C=C1\C=Cc2ccc(O)cc21. The summed E-state index contributed by atoms with van der Waals surface area (Å²) in [6.45, 7) is 0.911. The molecule has 0 atom stereocenters. The monoisotopic (exact) mass is 201 g/mol. The lowest BCUT2D eigenvalue weighted by Gasteiger charge is -2.07. The van der Waals surface area contributed by atoms with E-state index in [0.717, 1.165) is 12.1 Å². The van der Waals surface area contributed by atoms with Gasteiger partial charge in [0, 0.05) is 6.54 Å². The Bertz CT molecular complexity index is 430. The maximum atomic E-state index is 9.43. The van der Waals surface area contributed by atoms with E-state index in [9.17, 15) is 5.11 Å². The first kappa shape index (κ1) is 9.99. The molecule has 1 aromatic rings. The lowest BCUT2D eigenvalue weighted by Crippen LogP contribution is -2.10. The molecule has 2 rings (SSSR count). The summed E-state index contributed by atoms with van der Waals surface area (Å²) in [5.74, 6) is 0.327. The van der Waals surface area contributed by atoms with Gasteiger partial charge in [0.05, 0.1) is 0 Å². The molecule has 0 aliphatic heterocycles. The normalized spacial score (nSPS) is 16.3. The highest BCUT2D eigenvalue weighted by atomic mass is 16.3. The van der Waals surface area contributed by atoms with Crippen LogP contribution in [-0.2, 0) is 0 Å². The molecule has 0 unspecified atom stereocenters. The van der Waals surface area contributed by atoms with E-state index in [1.54, 1.807) is 6.07 Å². The molecule has 1 aliphatic rings. The van der Waals surface area contributed by atoms with Crippen LogP contribution in [0.25, 0.3) is 11.6 Å². The molecule has 0 spiro atoms. The van der Waals surface area contributed by atoms with E-state index in [0.29, 0.717) is 5.75 Å². The highest BCUT2D eigenvalue weighted by Crippen LogP contribution is 2.31. The Morgan fingerprint density at radius 2 is 2.07 bits per heavy atom. The van der Waals surface area contributed by atoms with Crippen LogP contribution in [-0.4, -0.2) is 30.6 Å². The van der Waals surface area contributed by atoms with Gasteiger partial charge in [-0.15, -0.1) is 0 Å². The zero-order valence-corrected chi connectivity index (χ0v) is 9.07. The van der Waals surface area contributed by atoms with Gasteiger partial charge in [-0.25, -0.2) is 0 Å². The van der Waals surface area contributed by atoms with Gasteiger partial charge >= 0.3 is 0 Å². The summed E-state index contributed by atoms with van der Waals surface area (Å²) in [6.07, 6.45) is 6.34. The molecule has 15 heavy (non-hydrogen) atoms. The fraction of sp³-hybridized carbons (Fsp3) is 0.231. The second-order valence-corrected chi connectivity index (χ2v) is 4.03. The van der Waals surface area contributed by atoms with Crippen molar-refractivity contribution in [3.05, 3.63) is 41.5 Å². The molecule has 1 aromatic carbocycles. The number of fused-ring (bicyclic) bond motifs is 1. The van der Waals surface area contributed by atoms with Crippen LogP contribution in [0.5, 0.6) is 5.75 Å². The second-order valence-electron chi connectivity index (χ2n) is 4.03. The van der Waals surface area contributed by atoms with Crippen LogP contribution in [0.3, 0.4) is 0 Å². The number of nitrogens with zero attached hydrogens (tertiary/aromatic N) is 1. The first-order valence-electron chi connectivity index (χ1n) is 5.03. The molecule has 0 aromatic heterocycles. The van der Waals surface area contributed by atoms with Crippen molar-refractivity contribution in [3.8, 4) is 5.75 Å². The van der Waals surface area contributed by atoms with Gasteiger partial charge in [-0.1, -0.05) is 24.3 Å². The summed E-state index contributed by atoms with van der Waals surface area (Å²) >= 11 is 0. The summed E-state index contributed by atoms with van der Waals surface area (Å²) in [5, 5.41) is 9.43. The molecular formula is C13H15NO. The Labute approximate surface area is 90.2 Å². The highest BCUT2D eigenvalue weighted by molar-refractivity contribution is 5.90. The summed E-state index contributed by atoms with van der Waals surface area (Å²) in [6, 6.07) is 5.48. The summed E-state index contributed by atoms with van der Waals surface area (Å²) in [5.41, 5.74) is 3.49. The number of aromatic hydroxyl groups is 1. The van der Waals surface area contributed by atoms with Crippen LogP contribution in [0.1, 0.15) is 11.1 Å². The quantitative estimate of drug-likeness (QED) is 0.794. The zero-order chi connectivity index (χ0) is 10.8. The smallest absolute Gasteiger partial charge is 0.116 e. The number of benzene rings is 1. The fourth-order valence-corrected chi connectivity index (χ4v) is 1.67. The second kappa shape index (κ2) is 3.91. The standard InChI is InChI=1S/C13H15NO/c1-14(2)8-7-11-4-3-10-5-6-12(15)9-13(10)11/h3-7,9,15H,8H2,1-2H3/b11-7+. The largest absolute Gasteiger partial charge is 0.508 e. The highest BCUT2D eigenvalue weighted by Gasteiger charge is 2.10. The molecule has 78 valence electrons. The molecule has 0 heterocycles. The van der Waals surface area contributed by atoms with Gasteiger partial charge in [-0.2, -0.15) is 0 Å². The van der Waals surface area contributed by atoms with Crippen molar-refractivity contribution in [2.24, 2.45) is 0 Å². The van der Waals surface area contributed by atoms with Crippen molar-refractivity contribution in [1.82, 2.24) is 4.90 Å². The molecule has 0 bridgehead atoms. The summed E-state index contributed by atoms with van der Waals surface area (Å²) < 4.78 is 0. The molecule has 0 saturated carbocycles. The van der Waals surface area contributed by atoms with Crippen molar-refractivity contribution in [3.63, 3.8) is 0 Å². The number of phenolic OH excluding ortho intramolecular Hbond substituents is 1. The van der Waals surface area contributed by atoms with Crippen LogP contribution in [0.4, 0.5) is 0 Å². The van der Waals surface area contributed by atoms with Crippen molar-refractivity contribution in [1.29, 1.82) is 0 Å². The zero-order valence-electron chi connectivity index (χ0n) is 9.07. The van der Waals surface area contributed by atoms with E-state index in [4.69, 9.17) is 0 Å². The predicted molar refractivity (Wildman–Crippen MR) is 63.7 cm³/mol. The molecule has 2 nitrogen and oxygen atoms in total. The Kier molecular flexibility index (Phi) is 2.60. The third-order valence-electron chi connectivity index (χ3n) is 2.47. The summed E-state index contributed by atoms with van der Waals surface area (Å²) in [7, 11) is 4.08. The molecule has 0 fully saturated rings. The molecule has 1 aliphatic carbocycles. The number of hydrogen-bond donors (Lipinski definition) is 1. The number of allylic oxidation sites excluding steroid dienone is 2. The first-order valence-corrected chi connectivity index (χ1v) is 5.03. The van der Waals surface area contributed by atoms with E-state index in [-0.39, 0.29) is 0 Å². The lowest BCUT2D eigenvalue weighted by molar-refractivity contribution is 0.457. The van der Waals surface area contributed by atoms with Crippen LogP contribution in [0.15, 0.2) is 30.4 Å². The number of hydrogen-bond acceptors (Lipinski definition) is 2. The Balaban J connectivity index is 2.31. The van der Waals surface area contributed by atoms with E-state index < -0.39 is 0 Å². The third-order valence-corrected chi connectivity index (χ3v) is 2.47. The van der Waals surface area contributed by atoms with Crippen LogP contribution in [0, 0.1) is 0 Å². The Hall–Kier alpha value is -1.54. The minimum Gasteiger partial charge on any atom is -0.508 e. The first-order chi connectivity index (χ1) is 7.16. The molecule has 0 amide bonds. The average Bonchev–Trinajstić information content (AvgIpc) is 2.57. The van der Waals surface area contributed by atoms with E-state index in [2.05, 4.69) is 23.1 Å². The Morgan fingerprint density at radius 3 is 2.80 bits per heavy atom. The van der Waals surface area contributed by atoms with Gasteiger partial charge in [-0.3, -0.25) is 0 Å². The lowest BCUT2D eigenvalue weighted by atomic mass is 10.1. The van der Waals surface area contributed by atoms with E-state index in [1.807, 2.05) is 26.2 Å². The average molecular weight is 201 g/mol. The van der Waals surface area contributed by atoms with Gasteiger partial charge in [0.1, 0.15) is 5.75 Å². The minimum absolute atomic E-state index is 0.327. The third kappa shape index (κ3) is 2.10. The van der Waals surface area contributed by atoms with Crippen molar-refractivity contribution in [2.75, 3.05) is 20.6 Å². The predicted octanol–water partition coefficient (Wildman–Crippen LogP) is 2.36. The van der Waals surface area contributed by atoms with Gasteiger partial charge in [-0.05, 0) is 42.9 Å². The van der Waals surface area contributed by atoms with Crippen molar-refractivity contribution in [2.45, 2.75) is 0 Å². The van der Waals surface area contributed by atoms with Gasteiger partial charge in [0.2, 0.25) is 0 Å². The van der Waals surface area contributed by atoms with Crippen LogP contribution < -0.4 is 0 Å². The van der Waals surface area contributed by atoms with Crippen LogP contribution >= 0.6 is 0 Å². The topological polar surface area (TPSA) is 23.5 Å². The number of phenols is 1. The van der Waals surface area contributed by atoms with E-state index >= 15 is 0 Å². The maximum absolute atomic E-state index is 9.43. The van der Waals surface area contributed by atoms with E-state index in [1.165, 1.54) is 11.1 Å². The molecule has 0 radical (unpaired) electrons.